The minimum Gasteiger partial charge on any atom is -0.378 e. The Morgan fingerprint density at radius 1 is 1.12 bits per heavy atom. The van der Waals surface area contributed by atoms with Gasteiger partial charge in [-0.15, -0.1) is 6.42 Å². The molecular formula is C25H24F2N4O3. The number of nitrogens with one attached hydrogen (secondary N) is 3. The van der Waals surface area contributed by atoms with Gasteiger partial charge in [-0.05, 0) is 48.7 Å². The molecule has 0 radical (unpaired) electrons. The van der Waals surface area contributed by atoms with Gasteiger partial charge in [-0.25, -0.2) is 13.6 Å². The van der Waals surface area contributed by atoms with Crippen molar-refractivity contribution in [1.29, 1.82) is 0 Å². The first-order chi connectivity index (χ1) is 16.3. The second-order valence-electron chi connectivity index (χ2n) is 8.54. The number of halogens is 2. The van der Waals surface area contributed by atoms with Crippen molar-refractivity contribution in [2.24, 2.45) is 0 Å². The van der Waals surface area contributed by atoms with Crippen molar-refractivity contribution < 1.29 is 23.2 Å². The molecule has 7 nitrogen and oxygen atoms in total. The van der Waals surface area contributed by atoms with Crippen LogP contribution in [0.5, 0.6) is 0 Å². The third kappa shape index (κ3) is 4.86. The number of nitrogens with zero attached hydrogens (tertiary/aromatic N) is 1. The maximum atomic E-state index is 14.0. The third-order valence-corrected chi connectivity index (χ3v) is 6.26. The van der Waals surface area contributed by atoms with Crippen molar-refractivity contribution >= 4 is 23.4 Å². The molecule has 3 amide bonds. The maximum Gasteiger partial charge on any atom is 0.317 e. The molecule has 0 saturated carbocycles. The van der Waals surface area contributed by atoms with Gasteiger partial charge in [0.25, 0.3) is 5.91 Å². The lowest BCUT2D eigenvalue weighted by molar-refractivity contribution is 0.0913. The van der Waals surface area contributed by atoms with Crippen molar-refractivity contribution in [3.8, 4) is 12.3 Å². The van der Waals surface area contributed by atoms with Crippen LogP contribution in [-0.2, 0) is 6.54 Å². The third-order valence-electron chi connectivity index (χ3n) is 6.26. The number of Topliss-reactive ketones (excluding diaryl/α,β-unsaturated/α-hetero) is 1. The first-order valence-electron chi connectivity index (χ1n) is 10.9. The number of ketones is 1. The zero-order valence-corrected chi connectivity index (χ0v) is 18.4. The Labute approximate surface area is 195 Å². The van der Waals surface area contributed by atoms with Crippen LogP contribution in [0, 0.1) is 24.0 Å². The highest BCUT2D eigenvalue weighted by atomic mass is 19.1. The van der Waals surface area contributed by atoms with E-state index in [9.17, 15) is 23.2 Å². The molecule has 2 aromatic rings. The number of fused-ring (bicyclic) bond motifs is 1. The average molecular weight is 466 g/mol. The standard InChI is InChI=1S/C25H24F2N4O3/c1-2-9-28-23(33)18-12-16(3-5-20(18)27)15-29-24(34)31-10-7-25(8-11-31)14-22(32)19-13-17(26)4-6-21(19)30-25/h1,3-6,12-13,30H,7-11,14-15H2,(H,28,33)(H,29,34). The van der Waals surface area contributed by atoms with E-state index in [0.29, 0.717) is 42.7 Å². The Hall–Kier alpha value is -3.93. The lowest BCUT2D eigenvalue weighted by Gasteiger charge is -2.45. The topological polar surface area (TPSA) is 90.5 Å². The Morgan fingerprint density at radius 2 is 1.88 bits per heavy atom. The predicted molar refractivity (Wildman–Crippen MR) is 122 cm³/mol. The van der Waals surface area contributed by atoms with Crippen molar-refractivity contribution in [1.82, 2.24) is 15.5 Å². The van der Waals surface area contributed by atoms with Gasteiger partial charge in [0.1, 0.15) is 11.6 Å². The largest absolute Gasteiger partial charge is 0.378 e. The van der Waals surface area contributed by atoms with Crippen LogP contribution in [0.2, 0.25) is 0 Å². The summed E-state index contributed by atoms with van der Waals surface area (Å²) in [5.74, 6) is 0.404. The summed E-state index contributed by atoms with van der Waals surface area (Å²) < 4.78 is 27.5. The Morgan fingerprint density at radius 3 is 2.62 bits per heavy atom. The Balaban J connectivity index is 1.33. The van der Waals surface area contributed by atoms with E-state index in [1.165, 1.54) is 30.3 Å². The van der Waals surface area contributed by atoms with Gasteiger partial charge in [0.15, 0.2) is 5.78 Å². The minimum absolute atomic E-state index is 0.0153. The number of piperidine rings is 1. The number of amides is 3. The molecule has 176 valence electrons. The second kappa shape index (κ2) is 9.51. The highest BCUT2D eigenvalue weighted by Gasteiger charge is 2.41. The maximum absolute atomic E-state index is 14.0. The van der Waals surface area contributed by atoms with Gasteiger partial charge < -0.3 is 20.9 Å². The van der Waals surface area contributed by atoms with Crippen LogP contribution >= 0.6 is 0 Å². The molecule has 0 bridgehead atoms. The van der Waals surface area contributed by atoms with E-state index < -0.39 is 23.1 Å². The van der Waals surface area contributed by atoms with E-state index in [1.54, 1.807) is 11.0 Å². The van der Waals surface area contributed by atoms with E-state index in [-0.39, 0.29) is 36.9 Å². The van der Waals surface area contributed by atoms with Crippen LogP contribution < -0.4 is 16.0 Å². The van der Waals surface area contributed by atoms with E-state index in [0.717, 1.165) is 0 Å². The molecule has 1 spiro atoms. The number of likely N-dealkylation sites (tertiary alicyclic amines) is 1. The number of hydrogen-bond acceptors (Lipinski definition) is 4. The van der Waals surface area contributed by atoms with Gasteiger partial charge in [-0.2, -0.15) is 0 Å². The SMILES string of the molecule is C#CCNC(=O)c1cc(CNC(=O)N2CCC3(CC2)CC(=O)c2cc(F)ccc2N3)ccc1F. The van der Waals surface area contributed by atoms with Gasteiger partial charge in [0.05, 0.1) is 12.1 Å². The van der Waals surface area contributed by atoms with Gasteiger partial charge in [0, 0.05) is 42.8 Å². The molecule has 2 aliphatic rings. The van der Waals surface area contributed by atoms with Crippen LogP contribution in [-0.4, -0.2) is 47.8 Å². The average Bonchev–Trinajstić information content (AvgIpc) is 2.83. The molecule has 4 rings (SSSR count). The molecule has 0 atom stereocenters. The van der Waals surface area contributed by atoms with Crippen LogP contribution in [0.15, 0.2) is 36.4 Å². The number of rotatable bonds is 4. The lowest BCUT2D eigenvalue weighted by atomic mass is 9.78. The highest BCUT2D eigenvalue weighted by Crippen LogP contribution is 2.37. The molecule has 0 aromatic heterocycles. The molecule has 0 unspecified atom stereocenters. The molecule has 1 saturated heterocycles. The molecule has 3 N–H and O–H groups in total. The fraction of sp³-hybridized carbons (Fsp3) is 0.320. The molecule has 2 heterocycles. The summed E-state index contributed by atoms with van der Waals surface area (Å²) in [5.41, 5.74) is 0.940. The summed E-state index contributed by atoms with van der Waals surface area (Å²) in [6, 6.07) is 7.90. The number of urea groups is 1. The minimum atomic E-state index is -0.676. The normalized spacial score (nSPS) is 16.3. The fourth-order valence-corrected chi connectivity index (χ4v) is 4.40. The highest BCUT2D eigenvalue weighted by molar-refractivity contribution is 6.04. The number of hydrogen-bond donors (Lipinski definition) is 3. The summed E-state index contributed by atoms with van der Waals surface area (Å²) in [6.07, 6.45) is 6.49. The Kier molecular flexibility index (Phi) is 6.50. The number of benzene rings is 2. The monoisotopic (exact) mass is 466 g/mol. The summed E-state index contributed by atoms with van der Waals surface area (Å²) in [4.78, 5) is 38.9. The van der Waals surface area contributed by atoms with Crippen LogP contribution in [0.1, 0.15) is 45.5 Å². The molecule has 2 aliphatic heterocycles. The van der Waals surface area contributed by atoms with Crippen molar-refractivity contribution in [3.63, 3.8) is 0 Å². The van der Waals surface area contributed by atoms with E-state index >= 15 is 0 Å². The van der Waals surface area contributed by atoms with Gasteiger partial charge in [-0.3, -0.25) is 9.59 Å². The molecule has 0 aliphatic carbocycles. The Bertz CT molecular complexity index is 1180. The summed E-state index contributed by atoms with van der Waals surface area (Å²) in [7, 11) is 0. The smallest absolute Gasteiger partial charge is 0.317 e. The van der Waals surface area contributed by atoms with Crippen molar-refractivity contribution in [2.75, 3.05) is 25.0 Å². The van der Waals surface area contributed by atoms with Crippen molar-refractivity contribution in [2.45, 2.75) is 31.3 Å². The molecule has 2 aromatic carbocycles. The van der Waals surface area contributed by atoms with Crippen molar-refractivity contribution in [3.05, 3.63) is 64.7 Å². The van der Waals surface area contributed by atoms with E-state index in [2.05, 4.69) is 21.9 Å². The first-order valence-corrected chi connectivity index (χ1v) is 10.9. The second-order valence-corrected chi connectivity index (χ2v) is 8.54. The van der Waals surface area contributed by atoms with Gasteiger partial charge in [-0.1, -0.05) is 12.0 Å². The summed E-state index contributed by atoms with van der Waals surface area (Å²) in [6.45, 7) is 0.974. The van der Waals surface area contributed by atoms with Crippen LogP contribution in [0.4, 0.5) is 19.3 Å². The molecule has 9 heteroatoms. The summed E-state index contributed by atoms with van der Waals surface area (Å²) in [5, 5.41) is 8.60. The zero-order valence-electron chi connectivity index (χ0n) is 18.4. The van der Waals surface area contributed by atoms with Gasteiger partial charge in [0.2, 0.25) is 0 Å². The lowest BCUT2D eigenvalue weighted by Crippen LogP contribution is -2.55. The molecule has 1 fully saturated rings. The zero-order chi connectivity index (χ0) is 24.3. The fourth-order valence-electron chi connectivity index (χ4n) is 4.40. The first kappa shape index (κ1) is 23.2. The number of terminal acetylenes is 1. The number of carbonyl (C=O) groups is 3. The number of carbonyl (C=O) groups excluding carboxylic acids is 3. The van der Waals surface area contributed by atoms with Crippen LogP contribution in [0.3, 0.4) is 0 Å². The molecular weight excluding hydrogens is 442 g/mol. The van der Waals surface area contributed by atoms with E-state index in [1.807, 2.05) is 0 Å². The quantitative estimate of drug-likeness (QED) is 0.604. The summed E-state index contributed by atoms with van der Waals surface area (Å²) >= 11 is 0. The van der Waals surface area contributed by atoms with Crippen LogP contribution in [0.25, 0.3) is 0 Å². The number of anilines is 1. The van der Waals surface area contributed by atoms with E-state index in [4.69, 9.17) is 6.42 Å². The molecule has 34 heavy (non-hydrogen) atoms. The predicted octanol–water partition coefficient (Wildman–Crippen LogP) is 3.07. The van der Waals surface area contributed by atoms with Gasteiger partial charge >= 0.3 is 6.03 Å².